The maximum Gasteiger partial charge on any atom is 0.322 e. The summed E-state index contributed by atoms with van der Waals surface area (Å²) in [6.07, 6.45) is 5.09. The third kappa shape index (κ3) is 2.39. The number of hydrogen-bond acceptors (Lipinski definition) is 3. The number of amides is 2. The zero-order chi connectivity index (χ0) is 15.1. The van der Waals surface area contributed by atoms with Crippen molar-refractivity contribution in [3.05, 3.63) is 46.4 Å². The average molecular weight is 313 g/mol. The van der Waals surface area contributed by atoms with Crippen molar-refractivity contribution < 1.29 is 4.79 Å². The molecule has 1 aromatic heterocycles. The van der Waals surface area contributed by atoms with Gasteiger partial charge in [0.2, 0.25) is 0 Å². The van der Waals surface area contributed by atoms with Gasteiger partial charge in [0.05, 0.1) is 6.04 Å². The number of nitrogens with zero attached hydrogens (tertiary/aromatic N) is 2. The number of para-hydroxylation sites is 1. The van der Waals surface area contributed by atoms with Crippen LogP contribution in [0.4, 0.5) is 10.5 Å². The van der Waals surface area contributed by atoms with Crippen molar-refractivity contribution in [2.75, 3.05) is 4.90 Å². The first-order valence-electron chi connectivity index (χ1n) is 7.81. The van der Waals surface area contributed by atoms with Gasteiger partial charge in [-0.1, -0.05) is 18.2 Å². The number of rotatable bonds is 3. The van der Waals surface area contributed by atoms with Crippen molar-refractivity contribution in [1.82, 2.24) is 10.3 Å². The van der Waals surface area contributed by atoms with Crippen LogP contribution in [0.3, 0.4) is 0 Å². The molecule has 1 aliphatic heterocycles. The van der Waals surface area contributed by atoms with Gasteiger partial charge in [-0.05, 0) is 43.7 Å². The standard InChI is InChI=1S/C17H19N3OS/c1-11-10-13-4-2-3-5-14(13)20(11)17(21)19-15(12-6-7-12)16-18-8-9-22-16/h2-5,8-9,11-12,15H,6-7,10H2,1H3,(H,19,21)/t11-,15-/m0/s1. The lowest BCUT2D eigenvalue weighted by Gasteiger charge is -2.26. The molecule has 0 unspecified atom stereocenters. The van der Waals surface area contributed by atoms with E-state index in [0.29, 0.717) is 5.92 Å². The minimum atomic E-state index is 0.00421. The lowest BCUT2D eigenvalue weighted by molar-refractivity contribution is 0.240. The number of nitrogens with one attached hydrogen (secondary N) is 1. The van der Waals surface area contributed by atoms with Crippen molar-refractivity contribution in [2.45, 2.75) is 38.3 Å². The van der Waals surface area contributed by atoms with Crippen LogP contribution in [0.2, 0.25) is 0 Å². The van der Waals surface area contributed by atoms with Crippen molar-refractivity contribution in [3.63, 3.8) is 0 Å². The highest BCUT2D eigenvalue weighted by molar-refractivity contribution is 7.09. The summed E-state index contributed by atoms with van der Waals surface area (Å²) < 4.78 is 0. The Bertz CT molecular complexity index is 681. The topological polar surface area (TPSA) is 45.2 Å². The first kappa shape index (κ1) is 13.8. The van der Waals surface area contributed by atoms with E-state index in [4.69, 9.17) is 0 Å². The Kier molecular flexibility index (Phi) is 3.37. The van der Waals surface area contributed by atoms with E-state index >= 15 is 0 Å². The molecule has 2 aromatic rings. The van der Waals surface area contributed by atoms with E-state index < -0.39 is 0 Å². The summed E-state index contributed by atoms with van der Waals surface area (Å²) in [6, 6.07) is 8.45. The fourth-order valence-corrected chi connectivity index (χ4v) is 4.06. The third-order valence-corrected chi connectivity index (χ3v) is 5.37. The highest BCUT2D eigenvalue weighted by Crippen LogP contribution is 2.42. The number of aromatic nitrogens is 1. The molecule has 1 fully saturated rings. The van der Waals surface area contributed by atoms with Gasteiger partial charge in [-0.15, -0.1) is 11.3 Å². The molecule has 2 aliphatic rings. The summed E-state index contributed by atoms with van der Waals surface area (Å²) in [5.74, 6) is 0.545. The minimum Gasteiger partial charge on any atom is -0.328 e. The maximum atomic E-state index is 12.8. The Morgan fingerprint density at radius 2 is 2.23 bits per heavy atom. The minimum absolute atomic E-state index is 0.00421. The molecule has 22 heavy (non-hydrogen) atoms. The molecule has 1 aromatic carbocycles. The van der Waals surface area contributed by atoms with Crippen LogP contribution in [0.1, 0.15) is 36.4 Å². The SMILES string of the molecule is C[C@H]1Cc2ccccc2N1C(=O)N[C@H](c1nccs1)C1CC1. The van der Waals surface area contributed by atoms with E-state index in [1.807, 2.05) is 34.7 Å². The van der Waals surface area contributed by atoms with Crippen LogP contribution in [0.25, 0.3) is 0 Å². The second-order valence-corrected chi connectivity index (χ2v) is 7.11. The number of benzene rings is 1. The quantitative estimate of drug-likeness (QED) is 0.938. The lowest BCUT2D eigenvalue weighted by atomic mass is 10.1. The summed E-state index contributed by atoms with van der Waals surface area (Å²) in [7, 11) is 0. The van der Waals surface area contributed by atoms with E-state index in [1.165, 1.54) is 18.4 Å². The van der Waals surface area contributed by atoms with Crippen LogP contribution in [-0.2, 0) is 6.42 Å². The Morgan fingerprint density at radius 3 is 2.95 bits per heavy atom. The van der Waals surface area contributed by atoms with Gasteiger partial charge >= 0.3 is 6.03 Å². The molecular formula is C17H19N3OS. The van der Waals surface area contributed by atoms with Gasteiger partial charge in [-0.2, -0.15) is 0 Å². The molecular weight excluding hydrogens is 294 g/mol. The van der Waals surface area contributed by atoms with Gasteiger partial charge < -0.3 is 5.32 Å². The Balaban J connectivity index is 1.57. The first-order chi connectivity index (χ1) is 10.7. The predicted octanol–water partition coefficient (Wildman–Crippen LogP) is 3.76. The van der Waals surface area contributed by atoms with E-state index in [-0.39, 0.29) is 18.1 Å². The van der Waals surface area contributed by atoms with Crippen molar-refractivity contribution >= 4 is 23.1 Å². The highest BCUT2D eigenvalue weighted by atomic mass is 32.1. The molecule has 2 amide bonds. The Labute approximate surface area is 134 Å². The van der Waals surface area contributed by atoms with E-state index in [2.05, 4.69) is 23.3 Å². The molecule has 2 atom stereocenters. The van der Waals surface area contributed by atoms with Crippen LogP contribution >= 0.6 is 11.3 Å². The van der Waals surface area contributed by atoms with Crippen molar-refractivity contribution in [1.29, 1.82) is 0 Å². The van der Waals surface area contributed by atoms with Crippen LogP contribution in [0, 0.1) is 5.92 Å². The molecule has 1 aliphatic carbocycles. The lowest BCUT2D eigenvalue weighted by Crippen LogP contribution is -2.45. The van der Waals surface area contributed by atoms with Crippen LogP contribution in [-0.4, -0.2) is 17.1 Å². The molecule has 0 spiro atoms. The smallest absolute Gasteiger partial charge is 0.322 e. The normalized spacial score (nSPS) is 21.5. The molecule has 4 nitrogen and oxygen atoms in total. The number of carbonyl (C=O) groups is 1. The zero-order valence-electron chi connectivity index (χ0n) is 12.5. The zero-order valence-corrected chi connectivity index (χ0v) is 13.3. The van der Waals surface area contributed by atoms with Crippen LogP contribution in [0.15, 0.2) is 35.8 Å². The Hall–Kier alpha value is -1.88. The number of fused-ring (bicyclic) bond motifs is 1. The molecule has 2 heterocycles. The molecule has 1 saturated carbocycles. The molecule has 4 rings (SSSR count). The molecule has 0 saturated heterocycles. The molecule has 1 N–H and O–H groups in total. The van der Waals surface area contributed by atoms with Crippen molar-refractivity contribution in [3.8, 4) is 0 Å². The highest BCUT2D eigenvalue weighted by Gasteiger charge is 2.38. The second-order valence-electron chi connectivity index (χ2n) is 6.19. The van der Waals surface area contributed by atoms with Crippen LogP contribution < -0.4 is 10.2 Å². The number of thiazole rings is 1. The van der Waals surface area contributed by atoms with Gasteiger partial charge in [0.25, 0.3) is 0 Å². The van der Waals surface area contributed by atoms with Gasteiger partial charge in [0, 0.05) is 23.3 Å². The number of urea groups is 1. The molecule has 0 bridgehead atoms. The first-order valence-corrected chi connectivity index (χ1v) is 8.69. The molecule has 5 heteroatoms. The maximum absolute atomic E-state index is 12.8. The summed E-state index contributed by atoms with van der Waals surface area (Å²) in [5.41, 5.74) is 2.29. The summed E-state index contributed by atoms with van der Waals surface area (Å²) in [6.45, 7) is 2.11. The third-order valence-electron chi connectivity index (χ3n) is 4.52. The Morgan fingerprint density at radius 1 is 1.41 bits per heavy atom. The van der Waals surface area contributed by atoms with Crippen molar-refractivity contribution in [2.24, 2.45) is 5.92 Å². The summed E-state index contributed by atoms with van der Waals surface area (Å²) in [4.78, 5) is 19.2. The average Bonchev–Trinajstić information content (AvgIpc) is 3.08. The largest absolute Gasteiger partial charge is 0.328 e. The summed E-state index contributed by atoms with van der Waals surface area (Å²) in [5, 5.41) is 6.23. The summed E-state index contributed by atoms with van der Waals surface area (Å²) >= 11 is 1.63. The fourth-order valence-electron chi connectivity index (χ4n) is 3.28. The molecule has 114 valence electrons. The van der Waals surface area contributed by atoms with Gasteiger partial charge in [-0.25, -0.2) is 9.78 Å². The monoisotopic (exact) mass is 313 g/mol. The number of carbonyl (C=O) groups excluding carboxylic acids is 1. The van der Waals surface area contributed by atoms with E-state index in [9.17, 15) is 4.79 Å². The van der Waals surface area contributed by atoms with E-state index in [0.717, 1.165) is 17.1 Å². The number of hydrogen-bond donors (Lipinski definition) is 1. The second kappa shape index (κ2) is 5.39. The predicted molar refractivity (Wildman–Crippen MR) is 88.2 cm³/mol. The molecule has 0 radical (unpaired) electrons. The fraction of sp³-hybridized carbons (Fsp3) is 0.412. The van der Waals surface area contributed by atoms with E-state index in [1.54, 1.807) is 11.3 Å². The van der Waals surface area contributed by atoms with Gasteiger partial charge in [0.15, 0.2) is 0 Å². The van der Waals surface area contributed by atoms with Crippen LogP contribution in [0.5, 0.6) is 0 Å². The van der Waals surface area contributed by atoms with Gasteiger partial charge in [0.1, 0.15) is 5.01 Å². The number of anilines is 1. The van der Waals surface area contributed by atoms with Gasteiger partial charge in [-0.3, -0.25) is 4.90 Å².